The molecule has 0 saturated carbocycles. The Balaban J connectivity index is 0.000000606. The van der Waals surface area contributed by atoms with Crippen LogP contribution in [0.15, 0.2) is 36.0 Å². The van der Waals surface area contributed by atoms with Crippen molar-refractivity contribution in [3.05, 3.63) is 41.6 Å². The molecule has 0 spiro atoms. The third-order valence-electron chi connectivity index (χ3n) is 1.83. The Labute approximate surface area is 94.4 Å². The molecule has 0 unspecified atom stereocenters. The van der Waals surface area contributed by atoms with Crippen LogP contribution in [0.25, 0.3) is 6.08 Å². The number of hydrogen-bond donors (Lipinski definition) is 2. The number of hydrogen-bond acceptors (Lipinski definition) is 2. The molecule has 1 aromatic carbocycles. The number of benzene rings is 1. The molecular formula is C12H14N2O2. The summed E-state index contributed by atoms with van der Waals surface area (Å²) in [5.74, 6) is -0.390. The Morgan fingerprint density at radius 2 is 1.62 bits per heavy atom. The summed E-state index contributed by atoms with van der Waals surface area (Å²) in [6, 6.07) is 8.84. The Bertz CT molecular complexity index is 410. The molecular weight excluding hydrogens is 204 g/mol. The summed E-state index contributed by atoms with van der Waals surface area (Å²) in [5.41, 5.74) is 1.15. The molecule has 3 amide bonds. The first-order valence-electron chi connectivity index (χ1n) is 5.15. The molecule has 1 aliphatic heterocycles. The first-order chi connectivity index (χ1) is 7.75. The quantitative estimate of drug-likeness (QED) is 0.558. The van der Waals surface area contributed by atoms with Gasteiger partial charge in [-0.3, -0.25) is 10.1 Å². The Hall–Kier alpha value is -2.10. The van der Waals surface area contributed by atoms with Crippen molar-refractivity contribution in [1.82, 2.24) is 10.6 Å². The zero-order valence-electron chi connectivity index (χ0n) is 9.28. The molecule has 1 aliphatic rings. The predicted molar refractivity (Wildman–Crippen MR) is 62.4 cm³/mol. The molecule has 0 aliphatic carbocycles. The van der Waals surface area contributed by atoms with Crippen molar-refractivity contribution in [2.75, 3.05) is 0 Å². The maximum absolute atomic E-state index is 11.1. The van der Waals surface area contributed by atoms with Gasteiger partial charge in [0.1, 0.15) is 5.70 Å². The fourth-order valence-electron chi connectivity index (χ4n) is 1.20. The van der Waals surface area contributed by atoms with Crippen molar-refractivity contribution in [2.24, 2.45) is 0 Å². The molecule has 0 radical (unpaired) electrons. The molecule has 2 rings (SSSR count). The van der Waals surface area contributed by atoms with Crippen LogP contribution in [0, 0.1) is 0 Å². The van der Waals surface area contributed by atoms with Gasteiger partial charge in [0.15, 0.2) is 0 Å². The van der Waals surface area contributed by atoms with Crippen molar-refractivity contribution in [3.63, 3.8) is 0 Å². The average molecular weight is 218 g/mol. The van der Waals surface area contributed by atoms with Crippen LogP contribution in [-0.2, 0) is 4.79 Å². The van der Waals surface area contributed by atoms with Gasteiger partial charge < -0.3 is 5.32 Å². The summed E-state index contributed by atoms with van der Waals surface area (Å²) in [7, 11) is 0. The van der Waals surface area contributed by atoms with Crippen LogP contribution in [0.1, 0.15) is 19.4 Å². The van der Waals surface area contributed by atoms with Crippen molar-refractivity contribution < 1.29 is 9.59 Å². The van der Waals surface area contributed by atoms with Crippen LogP contribution >= 0.6 is 0 Å². The topological polar surface area (TPSA) is 58.2 Å². The van der Waals surface area contributed by atoms with Gasteiger partial charge in [0.05, 0.1) is 0 Å². The maximum atomic E-state index is 11.1. The second kappa shape index (κ2) is 5.70. The van der Waals surface area contributed by atoms with Gasteiger partial charge in [0, 0.05) is 0 Å². The fraction of sp³-hybridized carbons (Fsp3) is 0.167. The second-order valence-electron chi connectivity index (χ2n) is 2.88. The summed E-state index contributed by atoms with van der Waals surface area (Å²) in [5, 5.41) is 4.54. The van der Waals surface area contributed by atoms with Gasteiger partial charge in [-0.2, -0.15) is 0 Å². The number of urea groups is 1. The van der Waals surface area contributed by atoms with Crippen molar-refractivity contribution in [3.8, 4) is 0 Å². The first kappa shape index (κ1) is 12.0. The summed E-state index contributed by atoms with van der Waals surface area (Å²) in [6.45, 7) is 4.00. The van der Waals surface area contributed by atoms with Crippen LogP contribution in [0.2, 0.25) is 0 Å². The Morgan fingerprint density at radius 1 is 1.00 bits per heavy atom. The minimum atomic E-state index is -0.475. The SMILES string of the molecule is CC.O=C1NC(=O)/C(=C\c2ccccc2)N1. The number of imide groups is 1. The molecule has 4 heteroatoms. The summed E-state index contributed by atoms with van der Waals surface area (Å²) >= 11 is 0. The monoisotopic (exact) mass is 218 g/mol. The maximum Gasteiger partial charge on any atom is 0.326 e. The van der Waals surface area contributed by atoms with Crippen LogP contribution in [-0.4, -0.2) is 11.9 Å². The largest absolute Gasteiger partial charge is 0.326 e. The van der Waals surface area contributed by atoms with Crippen LogP contribution in [0.4, 0.5) is 4.79 Å². The highest BCUT2D eigenvalue weighted by molar-refractivity contribution is 6.13. The second-order valence-corrected chi connectivity index (χ2v) is 2.88. The van der Waals surface area contributed by atoms with E-state index >= 15 is 0 Å². The third-order valence-corrected chi connectivity index (χ3v) is 1.83. The van der Waals surface area contributed by atoms with E-state index in [0.29, 0.717) is 0 Å². The van der Waals surface area contributed by atoms with E-state index in [1.807, 2.05) is 44.2 Å². The molecule has 1 saturated heterocycles. The Morgan fingerprint density at radius 3 is 2.12 bits per heavy atom. The zero-order chi connectivity index (χ0) is 12.0. The number of amides is 3. The van der Waals surface area contributed by atoms with E-state index in [2.05, 4.69) is 10.6 Å². The van der Waals surface area contributed by atoms with E-state index in [0.717, 1.165) is 5.56 Å². The number of rotatable bonds is 1. The smallest absolute Gasteiger partial charge is 0.303 e. The number of carbonyl (C=O) groups is 2. The molecule has 16 heavy (non-hydrogen) atoms. The van der Waals surface area contributed by atoms with Crippen LogP contribution in [0.5, 0.6) is 0 Å². The normalized spacial score (nSPS) is 16.2. The molecule has 84 valence electrons. The molecule has 0 atom stereocenters. The molecule has 1 fully saturated rings. The van der Waals surface area contributed by atoms with Crippen molar-refractivity contribution >= 4 is 18.0 Å². The highest BCUT2D eigenvalue weighted by atomic mass is 16.2. The fourth-order valence-corrected chi connectivity index (χ4v) is 1.20. The molecule has 1 heterocycles. The number of nitrogens with one attached hydrogen (secondary N) is 2. The average Bonchev–Trinajstić information content (AvgIpc) is 2.62. The van der Waals surface area contributed by atoms with Crippen molar-refractivity contribution in [2.45, 2.75) is 13.8 Å². The van der Waals surface area contributed by atoms with E-state index in [4.69, 9.17) is 0 Å². The summed E-state index contributed by atoms with van der Waals surface area (Å²) < 4.78 is 0. The molecule has 0 bridgehead atoms. The van der Waals surface area contributed by atoms with E-state index in [9.17, 15) is 9.59 Å². The summed E-state index contributed by atoms with van der Waals surface area (Å²) in [4.78, 5) is 21.9. The van der Waals surface area contributed by atoms with E-state index < -0.39 is 6.03 Å². The van der Waals surface area contributed by atoms with E-state index in [1.165, 1.54) is 0 Å². The minimum absolute atomic E-state index is 0.279. The highest BCUT2D eigenvalue weighted by Crippen LogP contribution is 2.06. The molecule has 2 N–H and O–H groups in total. The standard InChI is InChI=1S/C10H8N2O2.C2H6/c13-9-8(11-10(14)12-9)6-7-4-2-1-3-5-7;1-2/h1-6H,(H2,11,12,13,14);1-2H3/b8-6+;. The lowest BCUT2D eigenvalue weighted by Crippen LogP contribution is -2.22. The first-order valence-corrected chi connectivity index (χ1v) is 5.15. The zero-order valence-corrected chi connectivity index (χ0v) is 9.28. The van der Waals surface area contributed by atoms with E-state index in [-0.39, 0.29) is 11.6 Å². The van der Waals surface area contributed by atoms with Crippen LogP contribution in [0.3, 0.4) is 0 Å². The van der Waals surface area contributed by atoms with Gasteiger partial charge in [0.2, 0.25) is 0 Å². The lowest BCUT2D eigenvalue weighted by Gasteiger charge is -1.94. The van der Waals surface area contributed by atoms with Gasteiger partial charge in [0.25, 0.3) is 5.91 Å². The molecule has 1 aromatic rings. The predicted octanol–water partition coefficient (Wildman–Crippen LogP) is 1.89. The minimum Gasteiger partial charge on any atom is -0.303 e. The van der Waals surface area contributed by atoms with Gasteiger partial charge in [-0.25, -0.2) is 4.79 Å². The highest BCUT2D eigenvalue weighted by Gasteiger charge is 2.22. The van der Waals surface area contributed by atoms with Crippen molar-refractivity contribution in [1.29, 1.82) is 0 Å². The van der Waals surface area contributed by atoms with Gasteiger partial charge in [-0.15, -0.1) is 0 Å². The molecule has 4 nitrogen and oxygen atoms in total. The third kappa shape index (κ3) is 2.95. The van der Waals surface area contributed by atoms with E-state index in [1.54, 1.807) is 6.08 Å². The van der Waals surface area contributed by atoms with Crippen LogP contribution < -0.4 is 10.6 Å². The number of carbonyl (C=O) groups excluding carboxylic acids is 2. The lowest BCUT2D eigenvalue weighted by atomic mass is 10.2. The summed E-state index contributed by atoms with van der Waals surface area (Å²) in [6.07, 6.45) is 1.63. The lowest BCUT2D eigenvalue weighted by molar-refractivity contribution is -0.115. The van der Waals surface area contributed by atoms with Gasteiger partial charge in [-0.05, 0) is 11.6 Å². The Kier molecular flexibility index (Phi) is 4.27. The van der Waals surface area contributed by atoms with Gasteiger partial charge >= 0.3 is 6.03 Å². The van der Waals surface area contributed by atoms with Gasteiger partial charge in [-0.1, -0.05) is 44.2 Å². The molecule has 0 aromatic heterocycles.